The van der Waals surface area contributed by atoms with Gasteiger partial charge in [-0.1, -0.05) is 125 Å². The third-order valence-electron chi connectivity index (χ3n) is 10.4. The Labute approximate surface area is 308 Å². The van der Waals surface area contributed by atoms with Crippen LogP contribution in [0.5, 0.6) is 0 Å². The number of hydrogen-bond donors (Lipinski definition) is 0. The molecular formula is C48H50N4+2. The Morgan fingerprint density at radius 3 is 1.31 bits per heavy atom. The molecule has 4 nitrogen and oxygen atoms in total. The second kappa shape index (κ2) is 14.5. The van der Waals surface area contributed by atoms with Crippen LogP contribution < -0.4 is 9.13 Å². The van der Waals surface area contributed by atoms with Crippen molar-refractivity contribution >= 4 is 22.1 Å². The van der Waals surface area contributed by atoms with E-state index in [2.05, 4.69) is 219 Å². The van der Waals surface area contributed by atoms with Crippen LogP contribution in [0.3, 0.4) is 0 Å². The number of fused-ring (bicyclic) bond motifs is 2. The Hall–Kier alpha value is -5.74. The molecule has 0 aliphatic rings. The lowest BCUT2D eigenvalue weighted by atomic mass is 9.92. The summed E-state index contributed by atoms with van der Waals surface area (Å²) in [4.78, 5) is 0. The summed E-state index contributed by atoms with van der Waals surface area (Å²) in [7, 11) is 4.33. The predicted molar refractivity (Wildman–Crippen MR) is 217 cm³/mol. The van der Waals surface area contributed by atoms with E-state index >= 15 is 0 Å². The first-order valence-corrected chi connectivity index (χ1v) is 18.5. The SMILES string of the molecule is Cc1ccccc1-c1n(-c2c(C(C)C)cccc2C(C)C)c2ccccc2[n+]1C.Cc1ccccc1-c1n(-c2ccccc2)c2ccccc2[n+]1C. The summed E-state index contributed by atoms with van der Waals surface area (Å²) in [5.41, 5.74) is 15.4. The van der Waals surface area contributed by atoms with Crippen LogP contribution in [-0.2, 0) is 14.1 Å². The number of rotatable bonds is 6. The van der Waals surface area contributed by atoms with E-state index in [1.807, 2.05) is 0 Å². The van der Waals surface area contributed by atoms with Crippen molar-refractivity contribution in [2.24, 2.45) is 14.1 Å². The van der Waals surface area contributed by atoms with Gasteiger partial charge < -0.3 is 0 Å². The van der Waals surface area contributed by atoms with E-state index in [4.69, 9.17) is 0 Å². The molecule has 6 aromatic carbocycles. The van der Waals surface area contributed by atoms with Crippen LogP contribution in [0.15, 0.2) is 146 Å². The third kappa shape index (κ3) is 6.13. The van der Waals surface area contributed by atoms with E-state index in [-0.39, 0.29) is 0 Å². The molecule has 0 spiro atoms. The maximum absolute atomic E-state index is 2.50. The smallest absolute Gasteiger partial charge is 0.225 e. The van der Waals surface area contributed by atoms with Crippen LogP contribution in [0.2, 0.25) is 0 Å². The Bertz CT molecular complexity index is 2490. The number of aryl methyl sites for hydroxylation is 4. The fourth-order valence-electron chi connectivity index (χ4n) is 7.71. The quantitative estimate of drug-likeness (QED) is 0.155. The highest BCUT2D eigenvalue weighted by Gasteiger charge is 2.31. The van der Waals surface area contributed by atoms with E-state index in [9.17, 15) is 0 Å². The third-order valence-corrected chi connectivity index (χ3v) is 10.4. The fourth-order valence-corrected chi connectivity index (χ4v) is 7.71. The number of benzene rings is 6. The fraction of sp³-hybridized carbons (Fsp3) is 0.208. The van der Waals surface area contributed by atoms with Gasteiger partial charge in [-0.2, -0.15) is 9.13 Å². The maximum Gasteiger partial charge on any atom is 0.295 e. The molecule has 0 aliphatic heterocycles. The summed E-state index contributed by atoms with van der Waals surface area (Å²) in [6.45, 7) is 13.5. The Morgan fingerprint density at radius 2 is 0.827 bits per heavy atom. The summed E-state index contributed by atoms with van der Waals surface area (Å²) in [5.74, 6) is 3.33. The van der Waals surface area contributed by atoms with E-state index in [0.717, 1.165) is 0 Å². The van der Waals surface area contributed by atoms with Gasteiger partial charge in [-0.05, 0) is 85.3 Å². The van der Waals surface area contributed by atoms with Crippen molar-refractivity contribution in [3.8, 4) is 34.2 Å². The minimum atomic E-state index is 0.444. The largest absolute Gasteiger partial charge is 0.295 e. The average Bonchev–Trinajstić information content (AvgIpc) is 3.62. The van der Waals surface area contributed by atoms with Gasteiger partial charge in [-0.25, -0.2) is 9.13 Å². The van der Waals surface area contributed by atoms with Gasteiger partial charge in [0.1, 0.15) is 11.4 Å². The van der Waals surface area contributed by atoms with Gasteiger partial charge in [-0.15, -0.1) is 0 Å². The van der Waals surface area contributed by atoms with Crippen LogP contribution in [0.1, 0.15) is 61.8 Å². The van der Waals surface area contributed by atoms with Gasteiger partial charge in [-0.3, -0.25) is 0 Å². The summed E-state index contributed by atoms with van der Waals surface area (Å²) >= 11 is 0. The van der Waals surface area contributed by atoms with Crippen molar-refractivity contribution in [2.45, 2.75) is 53.4 Å². The van der Waals surface area contributed by atoms with E-state index in [0.29, 0.717) is 11.8 Å². The summed E-state index contributed by atoms with van der Waals surface area (Å²) < 4.78 is 9.48. The Balaban J connectivity index is 0.000000166. The zero-order valence-electron chi connectivity index (χ0n) is 31.8. The first kappa shape index (κ1) is 34.7. The average molecular weight is 683 g/mol. The standard InChI is InChI=1S/C27H31N2.C21H19N2/c1-18(2)21-14-11-15-22(19(3)4)26(21)29-25-17-10-9-16-24(25)28(6)27(29)23-13-8-7-12-20(23)5;1-16-10-6-7-13-18(16)21-22(2)19-14-8-9-15-20(19)23(21)17-11-4-3-5-12-17/h7-19H,1-6H3;3-15H,1-2H3/q2*+1. The molecule has 8 rings (SSSR count). The summed E-state index contributed by atoms with van der Waals surface area (Å²) in [6, 6.07) is 51.9. The molecule has 0 fully saturated rings. The number of nitrogens with zero attached hydrogens (tertiary/aromatic N) is 4. The van der Waals surface area contributed by atoms with Crippen LogP contribution in [-0.4, -0.2) is 9.13 Å². The van der Waals surface area contributed by atoms with Crippen molar-refractivity contribution in [1.29, 1.82) is 0 Å². The van der Waals surface area contributed by atoms with Gasteiger partial charge in [0.15, 0.2) is 22.1 Å². The Morgan fingerprint density at radius 1 is 0.423 bits per heavy atom. The van der Waals surface area contributed by atoms with Crippen molar-refractivity contribution in [1.82, 2.24) is 9.13 Å². The Kier molecular flexibility index (Phi) is 9.66. The lowest BCUT2D eigenvalue weighted by Crippen LogP contribution is -2.30. The molecule has 0 radical (unpaired) electrons. The van der Waals surface area contributed by atoms with Gasteiger partial charge in [0.2, 0.25) is 0 Å². The normalized spacial score (nSPS) is 11.4. The monoisotopic (exact) mass is 682 g/mol. The van der Waals surface area contributed by atoms with Crippen LogP contribution in [0.25, 0.3) is 56.2 Å². The highest BCUT2D eigenvalue weighted by Crippen LogP contribution is 2.37. The summed E-state index contributed by atoms with van der Waals surface area (Å²) in [6.07, 6.45) is 0. The molecule has 0 atom stereocenters. The molecule has 4 heteroatoms. The van der Waals surface area contributed by atoms with Gasteiger partial charge in [0, 0.05) is 11.1 Å². The number of para-hydroxylation sites is 6. The van der Waals surface area contributed by atoms with Crippen LogP contribution in [0, 0.1) is 13.8 Å². The van der Waals surface area contributed by atoms with Gasteiger partial charge in [0.25, 0.3) is 11.6 Å². The minimum Gasteiger partial charge on any atom is -0.225 e. The molecule has 0 N–H and O–H groups in total. The number of hydrogen-bond acceptors (Lipinski definition) is 0. The van der Waals surface area contributed by atoms with Gasteiger partial charge in [0.05, 0.1) is 25.2 Å². The van der Waals surface area contributed by atoms with Crippen molar-refractivity contribution < 1.29 is 9.13 Å². The van der Waals surface area contributed by atoms with E-state index < -0.39 is 0 Å². The second-order valence-corrected chi connectivity index (χ2v) is 14.5. The second-order valence-electron chi connectivity index (χ2n) is 14.5. The molecular weight excluding hydrogens is 633 g/mol. The minimum absolute atomic E-state index is 0.444. The molecule has 2 heterocycles. The first-order valence-electron chi connectivity index (χ1n) is 18.5. The number of imidazole rings is 2. The van der Waals surface area contributed by atoms with Gasteiger partial charge >= 0.3 is 0 Å². The van der Waals surface area contributed by atoms with Crippen LogP contribution >= 0.6 is 0 Å². The molecule has 0 saturated carbocycles. The maximum atomic E-state index is 2.50. The predicted octanol–water partition coefficient (Wildman–Crippen LogP) is 11.1. The topological polar surface area (TPSA) is 17.6 Å². The molecule has 0 bridgehead atoms. The van der Waals surface area contributed by atoms with Crippen molar-refractivity contribution in [2.75, 3.05) is 0 Å². The molecule has 8 aromatic rings. The van der Waals surface area contributed by atoms with Crippen molar-refractivity contribution in [3.63, 3.8) is 0 Å². The zero-order chi connectivity index (χ0) is 36.5. The molecule has 52 heavy (non-hydrogen) atoms. The first-order chi connectivity index (χ1) is 25.2. The molecule has 2 aromatic heterocycles. The molecule has 0 amide bonds. The van der Waals surface area contributed by atoms with Crippen molar-refractivity contribution in [3.05, 3.63) is 168 Å². The highest BCUT2D eigenvalue weighted by atomic mass is 15.2. The molecule has 0 saturated heterocycles. The highest BCUT2D eigenvalue weighted by molar-refractivity contribution is 5.81. The van der Waals surface area contributed by atoms with Crippen LogP contribution in [0.4, 0.5) is 0 Å². The lowest BCUT2D eigenvalue weighted by molar-refractivity contribution is -0.634. The van der Waals surface area contributed by atoms with E-state index in [1.165, 1.54) is 78.5 Å². The number of aromatic nitrogens is 4. The molecule has 0 unspecified atom stereocenters. The summed E-state index contributed by atoms with van der Waals surface area (Å²) in [5, 5.41) is 0. The zero-order valence-corrected chi connectivity index (χ0v) is 31.8. The van der Waals surface area contributed by atoms with E-state index in [1.54, 1.807) is 0 Å². The molecule has 260 valence electrons. The molecule has 0 aliphatic carbocycles. The lowest BCUT2D eigenvalue weighted by Gasteiger charge is -2.18.